The van der Waals surface area contributed by atoms with Crippen LogP contribution in [0, 0.1) is 11.8 Å². The lowest BCUT2D eigenvalue weighted by molar-refractivity contribution is 0.0706. The molecule has 1 unspecified atom stereocenters. The molecule has 1 fully saturated rings. The second kappa shape index (κ2) is 5.40. The third-order valence-corrected chi connectivity index (χ3v) is 2.62. The first kappa shape index (κ1) is 10.7. The highest BCUT2D eigenvalue weighted by Gasteiger charge is 2.12. The zero-order valence-electron chi connectivity index (χ0n) is 8.75. The number of nitrogens with two attached hydrogens (primary N) is 1. The highest BCUT2D eigenvalue weighted by Crippen LogP contribution is 2.19. The molecule has 0 aliphatic carbocycles. The molecule has 0 saturated carbocycles. The van der Waals surface area contributed by atoms with Crippen LogP contribution in [0.3, 0.4) is 0 Å². The molecule has 13 heavy (non-hydrogen) atoms. The van der Waals surface area contributed by atoms with E-state index in [-0.39, 0.29) is 0 Å². The van der Waals surface area contributed by atoms with Crippen molar-refractivity contribution in [3.8, 4) is 0 Å². The van der Waals surface area contributed by atoms with Crippen LogP contribution >= 0.6 is 0 Å². The molecule has 0 aromatic carbocycles. The van der Waals surface area contributed by atoms with Gasteiger partial charge < -0.3 is 10.5 Å². The zero-order chi connectivity index (χ0) is 9.68. The van der Waals surface area contributed by atoms with Gasteiger partial charge in [-0.2, -0.15) is 0 Å². The van der Waals surface area contributed by atoms with Crippen LogP contribution in [0.1, 0.15) is 26.7 Å². The summed E-state index contributed by atoms with van der Waals surface area (Å²) in [5.74, 6) is 1.18. The van der Waals surface area contributed by atoms with Gasteiger partial charge in [0.1, 0.15) is 0 Å². The van der Waals surface area contributed by atoms with Crippen molar-refractivity contribution < 1.29 is 4.74 Å². The van der Waals surface area contributed by atoms with Crippen LogP contribution < -0.4 is 5.73 Å². The van der Waals surface area contributed by atoms with Crippen LogP contribution in [-0.4, -0.2) is 19.8 Å². The van der Waals surface area contributed by atoms with Gasteiger partial charge in [-0.1, -0.05) is 25.5 Å². The Morgan fingerprint density at radius 3 is 2.85 bits per heavy atom. The van der Waals surface area contributed by atoms with Crippen molar-refractivity contribution in [1.82, 2.24) is 0 Å². The molecule has 0 aromatic heterocycles. The molecule has 0 aromatic rings. The van der Waals surface area contributed by atoms with Gasteiger partial charge in [0.15, 0.2) is 0 Å². The van der Waals surface area contributed by atoms with E-state index in [0.29, 0.717) is 18.4 Å². The van der Waals surface area contributed by atoms with Gasteiger partial charge in [-0.25, -0.2) is 0 Å². The normalized spacial score (nSPS) is 25.2. The Labute approximate surface area is 81.1 Å². The van der Waals surface area contributed by atoms with Crippen LogP contribution in [-0.2, 0) is 4.74 Å². The fourth-order valence-electron chi connectivity index (χ4n) is 1.70. The molecule has 0 amide bonds. The van der Waals surface area contributed by atoms with Gasteiger partial charge in [-0.05, 0) is 18.8 Å². The topological polar surface area (TPSA) is 35.2 Å². The molecule has 76 valence electrons. The fraction of sp³-hybridized carbons (Fsp3) is 0.818. The van der Waals surface area contributed by atoms with Crippen molar-refractivity contribution in [1.29, 1.82) is 0 Å². The van der Waals surface area contributed by atoms with Crippen molar-refractivity contribution in [3.63, 3.8) is 0 Å². The minimum Gasteiger partial charge on any atom is -0.381 e. The van der Waals surface area contributed by atoms with E-state index >= 15 is 0 Å². The molecule has 1 aliphatic heterocycles. The lowest BCUT2D eigenvalue weighted by Gasteiger charge is -2.21. The number of hydrogen-bond acceptors (Lipinski definition) is 2. The third kappa shape index (κ3) is 3.49. The summed E-state index contributed by atoms with van der Waals surface area (Å²) in [5.41, 5.74) is 7.05. The summed E-state index contributed by atoms with van der Waals surface area (Å²) in [5, 5.41) is 0. The van der Waals surface area contributed by atoms with Crippen molar-refractivity contribution in [3.05, 3.63) is 11.6 Å². The number of hydrogen-bond donors (Lipinski definition) is 1. The predicted octanol–water partition coefficient (Wildman–Crippen LogP) is 1.95. The average Bonchev–Trinajstić information content (AvgIpc) is 2.15. The Bertz CT molecular complexity index is 169. The summed E-state index contributed by atoms with van der Waals surface area (Å²) in [7, 11) is 0. The van der Waals surface area contributed by atoms with Gasteiger partial charge in [0, 0.05) is 19.1 Å². The Morgan fingerprint density at radius 2 is 2.38 bits per heavy atom. The van der Waals surface area contributed by atoms with E-state index in [2.05, 4.69) is 19.9 Å². The first-order valence-electron chi connectivity index (χ1n) is 5.22. The summed E-state index contributed by atoms with van der Waals surface area (Å²) < 4.78 is 5.42. The molecule has 1 heterocycles. The quantitative estimate of drug-likeness (QED) is 0.679. The summed E-state index contributed by atoms with van der Waals surface area (Å²) in [6.07, 6.45) is 4.77. The number of ether oxygens (including phenoxy) is 1. The monoisotopic (exact) mass is 183 g/mol. The Kier molecular flexibility index (Phi) is 4.46. The van der Waals surface area contributed by atoms with Crippen LogP contribution in [0.5, 0.6) is 0 Å². The van der Waals surface area contributed by atoms with Crippen molar-refractivity contribution in [2.24, 2.45) is 17.6 Å². The smallest absolute Gasteiger partial charge is 0.0528 e. The maximum atomic E-state index is 5.68. The Hall–Kier alpha value is -0.340. The third-order valence-electron chi connectivity index (χ3n) is 2.62. The van der Waals surface area contributed by atoms with Crippen molar-refractivity contribution in [2.75, 3.05) is 19.8 Å². The molecule has 2 heteroatoms. The van der Waals surface area contributed by atoms with Gasteiger partial charge in [0.25, 0.3) is 0 Å². The molecule has 1 saturated heterocycles. The van der Waals surface area contributed by atoms with Crippen molar-refractivity contribution in [2.45, 2.75) is 26.7 Å². The average molecular weight is 183 g/mol. The summed E-state index contributed by atoms with van der Waals surface area (Å²) in [4.78, 5) is 0. The molecule has 1 rings (SSSR count). The lowest BCUT2D eigenvalue weighted by Crippen LogP contribution is -2.18. The van der Waals surface area contributed by atoms with Gasteiger partial charge in [0.2, 0.25) is 0 Å². The maximum Gasteiger partial charge on any atom is 0.0528 e. The lowest BCUT2D eigenvalue weighted by atomic mass is 9.94. The largest absolute Gasteiger partial charge is 0.381 e. The van der Waals surface area contributed by atoms with Crippen LogP contribution in [0.15, 0.2) is 11.6 Å². The van der Waals surface area contributed by atoms with E-state index in [1.165, 1.54) is 18.4 Å². The van der Waals surface area contributed by atoms with E-state index in [1.54, 1.807) is 0 Å². The van der Waals surface area contributed by atoms with E-state index in [9.17, 15) is 0 Å². The molecular formula is C11H21NO. The molecular weight excluding hydrogens is 162 g/mol. The predicted molar refractivity (Wildman–Crippen MR) is 55.5 cm³/mol. The molecule has 1 aliphatic rings. The second-order valence-electron chi connectivity index (χ2n) is 4.08. The molecule has 0 radical (unpaired) electrons. The van der Waals surface area contributed by atoms with E-state index < -0.39 is 0 Å². The van der Waals surface area contributed by atoms with Crippen LogP contribution in [0.25, 0.3) is 0 Å². The highest BCUT2D eigenvalue weighted by atomic mass is 16.5. The molecule has 0 spiro atoms. The SMILES string of the molecule is CC(C)C(=CC1CCCOC1)CN. The van der Waals surface area contributed by atoms with Crippen LogP contribution in [0.2, 0.25) is 0 Å². The summed E-state index contributed by atoms with van der Waals surface area (Å²) in [6, 6.07) is 0. The van der Waals surface area contributed by atoms with E-state index in [4.69, 9.17) is 10.5 Å². The zero-order valence-corrected chi connectivity index (χ0v) is 8.75. The first-order valence-corrected chi connectivity index (χ1v) is 5.22. The minimum atomic E-state index is 0.576. The van der Waals surface area contributed by atoms with Crippen molar-refractivity contribution >= 4 is 0 Å². The maximum absolute atomic E-state index is 5.68. The molecule has 1 atom stereocenters. The standard InChI is InChI=1S/C11H21NO/c1-9(2)11(7-12)6-10-4-3-5-13-8-10/h6,9-10H,3-5,7-8,12H2,1-2H3. The van der Waals surface area contributed by atoms with Crippen LogP contribution in [0.4, 0.5) is 0 Å². The Morgan fingerprint density at radius 1 is 1.62 bits per heavy atom. The minimum absolute atomic E-state index is 0.576. The summed E-state index contributed by atoms with van der Waals surface area (Å²) in [6.45, 7) is 6.90. The molecule has 0 bridgehead atoms. The molecule has 2 N–H and O–H groups in total. The highest BCUT2D eigenvalue weighted by molar-refractivity contribution is 5.08. The second-order valence-corrected chi connectivity index (χ2v) is 4.08. The van der Waals surface area contributed by atoms with Gasteiger partial charge in [0.05, 0.1) is 6.61 Å². The first-order chi connectivity index (χ1) is 6.24. The van der Waals surface area contributed by atoms with Gasteiger partial charge in [-0.3, -0.25) is 0 Å². The Balaban J connectivity index is 2.49. The van der Waals surface area contributed by atoms with Gasteiger partial charge >= 0.3 is 0 Å². The fourth-order valence-corrected chi connectivity index (χ4v) is 1.70. The van der Waals surface area contributed by atoms with Gasteiger partial charge in [-0.15, -0.1) is 0 Å². The number of rotatable bonds is 3. The van der Waals surface area contributed by atoms with E-state index in [1.807, 2.05) is 0 Å². The summed E-state index contributed by atoms with van der Waals surface area (Å²) >= 11 is 0. The molecule has 2 nitrogen and oxygen atoms in total. The van der Waals surface area contributed by atoms with E-state index in [0.717, 1.165) is 13.2 Å².